The van der Waals surface area contributed by atoms with Crippen LogP contribution in [-0.2, 0) is 16.0 Å². The Morgan fingerprint density at radius 2 is 1.92 bits per heavy atom. The minimum Gasteiger partial charge on any atom is -0.493 e. The summed E-state index contributed by atoms with van der Waals surface area (Å²) in [7, 11) is 0. The van der Waals surface area contributed by atoms with Crippen molar-refractivity contribution in [3.8, 4) is 16.9 Å². The molecule has 1 aliphatic heterocycles. The molecule has 5 rings (SSSR count). The fourth-order valence-corrected chi connectivity index (χ4v) is 6.47. The quantitative estimate of drug-likeness (QED) is 0.278. The number of aromatic nitrogens is 1. The van der Waals surface area contributed by atoms with Gasteiger partial charge < -0.3 is 14.6 Å². The van der Waals surface area contributed by atoms with Gasteiger partial charge in [0.15, 0.2) is 0 Å². The highest BCUT2D eigenvalue weighted by Gasteiger charge is 2.38. The van der Waals surface area contributed by atoms with Crippen LogP contribution in [0.5, 0.6) is 5.75 Å². The SMILES string of the molecule is CCOc1cc(CC2CCC(C3CCC(C)(C(=O)O)CC3)=CCOC2)cc(C2CC2)c1-c1cnc(F)c(C)c1. The van der Waals surface area contributed by atoms with Gasteiger partial charge in [-0.15, -0.1) is 0 Å². The Bertz CT molecular complexity index is 1230. The Kier molecular flexibility index (Phi) is 8.41. The third-order valence-corrected chi connectivity index (χ3v) is 9.12. The maximum absolute atomic E-state index is 14.0. The number of carboxylic acids is 1. The first-order valence-electron chi connectivity index (χ1n) is 14.7. The fourth-order valence-electron chi connectivity index (χ4n) is 6.47. The van der Waals surface area contributed by atoms with E-state index in [4.69, 9.17) is 9.47 Å². The summed E-state index contributed by atoms with van der Waals surface area (Å²) in [4.78, 5) is 15.7. The smallest absolute Gasteiger partial charge is 0.309 e. The summed E-state index contributed by atoms with van der Waals surface area (Å²) < 4.78 is 26.2. The van der Waals surface area contributed by atoms with Crippen LogP contribution >= 0.6 is 0 Å². The van der Waals surface area contributed by atoms with Crippen LogP contribution in [-0.4, -0.2) is 35.9 Å². The van der Waals surface area contributed by atoms with Crippen molar-refractivity contribution in [2.75, 3.05) is 19.8 Å². The number of ether oxygens (including phenoxy) is 2. The molecular weight excluding hydrogens is 493 g/mol. The average Bonchev–Trinajstić information content (AvgIpc) is 3.74. The second kappa shape index (κ2) is 11.8. The van der Waals surface area contributed by atoms with E-state index in [2.05, 4.69) is 23.2 Å². The Balaban J connectivity index is 1.33. The van der Waals surface area contributed by atoms with Gasteiger partial charge in [0.2, 0.25) is 5.95 Å². The summed E-state index contributed by atoms with van der Waals surface area (Å²) in [5.41, 5.74) is 5.96. The predicted molar refractivity (Wildman–Crippen MR) is 151 cm³/mol. The molecule has 1 aromatic heterocycles. The lowest BCUT2D eigenvalue weighted by molar-refractivity contribution is -0.150. The third kappa shape index (κ3) is 6.37. The van der Waals surface area contributed by atoms with Gasteiger partial charge in [0.1, 0.15) is 5.75 Å². The van der Waals surface area contributed by atoms with E-state index in [1.54, 1.807) is 13.1 Å². The molecule has 0 bridgehead atoms. The van der Waals surface area contributed by atoms with Gasteiger partial charge in [-0.2, -0.15) is 4.39 Å². The summed E-state index contributed by atoms with van der Waals surface area (Å²) in [5, 5.41) is 9.61. The van der Waals surface area contributed by atoms with Crippen molar-refractivity contribution in [1.29, 1.82) is 0 Å². The predicted octanol–water partition coefficient (Wildman–Crippen LogP) is 7.65. The van der Waals surface area contributed by atoms with Crippen molar-refractivity contribution in [3.63, 3.8) is 0 Å². The van der Waals surface area contributed by atoms with E-state index in [0.717, 1.165) is 68.4 Å². The van der Waals surface area contributed by atoms with Gasteiger partial charge in [-0.25, -0.2) is 4.98 Å². The van der Waals surface area contributed by atoms with Crippen LogP contribution < -0.4 is 4.74 Å². The second-order valence-corrected chi connectivity index (χ2v) is 12.2. The molecule has 0 saturated heterocycles. The fraction of sp³-hybridized carbons (Fsp3) is 0.576. The molecule has 0 radical (unpaired) electrons. The number of hydrogen-bond donors (Lipinski definition) is 1. The normalized spacial score (nSPS) is 25.9. The largest absolute Gasteiger partial charge is 0.493 e. The monoisotopic (exact) mass is 535 g/mol. The third-order valence-electron chi connectivity index (χ3n) is 9.12. The van der Waals surface area contributed by atoms with Gasteiger partial charge >= 0.3 is 5.97 Å². The summed E-state index contributed by atoms with van der Waals surface area (Å²) >= 11 is 0. The molecule has 1 unspecified atom stereocenters. The lowest BCUT2D eigenvalue weighted by atomic mass is 9.69. The number of allylic oxidation sites excluding steroid dienone is 1. The van der Waals surface area contributed by atoms with Crippen LogP contribution in [0.25, 0.3) is 11.1 Å². The van der Waals surface area contributed by atoms with Crippen LogP contribution in [0.15, 0.2) is 36.0 Å². The number of hydrogen-bond acceptors (Lipinski definition) is 4. The maximum Gasteiger partial charge on any atom is 0.309 e. The Labute approximate surface area is 231 Å². The van der Waals surface area contributed by atoms with Crippen molar-refractivity contribution >= 4 is 5.97 Å². The van der Waals surface area contributed by atoms with Crippen molar-refractivity contribution in [2.24, 2.45) is 17.3 Å². The highest BCUT2D eigenvalue weighted by atomic mass is 19.1. The molecule has 2 heterocycles. The topological polar surface area (TPSA) is 68.7 Å². The molecule has 2 saturated carbocycles. The van der Waals surface area contributed by atoms with E-state index >= 15 is 0 Å². The van der Waals surface area contributed by atoms with Gasteiger partial charge in [-0.1, -0.05) is 17.7 Å². The Morgan fingerprint density at radius 1 is 1.15 bits per heavy atom. The van der Waals surface area contributed by atoms with E-state index in [0.29, 0.717) is 36.5 Å². The van der Waals surface area contributed by atoms with E-state index < -0.39 is 17.3 Å². The molecule has 1 N–H and O–H groups in total. The van der Waals surface area contributed by atoms with Crippen LogP contribution in [0.2, 0.25) is 0 Å². The van der Waals surface area contributed by atoms with E-state index in [1.807, 2.05) is 19.9 Å². The Hall–Kier alpha value is -2.73. The highest BCUT2D eigenvalue weighted by Crippen LogP contribution is 2.49. The van der Waals surface area contributed by atoms with Crippen molar-refractivity contribution in [1.82, 2.24) is 4.98 Å². The number of benzene rings is 1. The minimum absolute atomic E-state index is 0.406. The van der Waals surface area contributed by atoms with E-state index in [9.17, 15) is 14.3 Å². The molecule has 6 heteroatoms. The molecule has 2 aliphatic carbocycles. The standard InChI is InChI=1S/C33H42FNO4/c1-4-39-29-18-23(17-28(26-7-8-26)30(29)27-15-21(2)31(34)35-19-27)16-22-5-6-24(11-14-38-20-22)25-9-12-33(3,13-10-25)32(36)37/h11,15,17-19,22,25-26H,4-10,12-14,16,20H2,1-3H3,(H,36,37). The van der Waals surface area contributed by atoms with Gasteiger partial charge in [-0.3, -0.25) is 4.79 Å². The number of carbonyl (C=O) groups is 1. The number of aliphatic carboxylic acids is 1. The van der Waals surface area contributed by atoms with Gasteiger partial charge in [0, 0.05) is 22.9 Å². The van der Waals surface area contributed by atoms with Gasteiger partial charge in [0.05, 0.1) is 25.2 Å². The number of nitrogens with zero attached hydrogens (tertiary/aromatic N) is 1. The first-order chi connectivity index (χ1) is 18.8. The Morgan fingerprint density at radius 3 is 2.59 bits per heavy atom. The maximum atomic E-state index is 14.0. The van der Waals surface area contributed by atoms with Gasteiger partial charge in [-0.05, 0) is 120 Å². The average molecular weight is 536 g/mol. The minimum atomic E-state index is -0.662. The molecule has 1 atom stereocenters. The molecule has 5 nitrogen and oxygen atoms in total. The zero-order valence-corrected chi connectivity index (χ0v) is 23.6. The number of halogens is 1. The summed E-state index contributed by atoms with van der Waals surface area (Å²) in [5.74, 6) is 1.16. The number of rotatable bonds is 8. The number of aryl methyl sites for hydroxylation is 1. The first kappa shape index (κ1) is 27.8. The zero-order chi connectivity index (χ0) is 27.6. The van der Waals surface area contributed by atoms with Crippen LogP contribution in [0, 0.1) is 30.1 Å². The van der Waals surface area contributed by atoms with Crippen LogP contribution in [0.1, 0.15) is 87.8 Å². The lowest BCUT2D eigenvalue weighted by Crippen LogP contribution is -2.33. The highest BCUT2D eigenvalue weighted by molar-refractivity contribution is 5.76. The molecule has 2 fully saturated rings. The van der Waals surface area contributed by atoms with E-state index in [-0.39, 0.29) is 0 Å². The molecule has 2 aromatic rings. The molecule has 1 aromatic carbocycles. The molecule has 210 valence electrons. The molecule has 0 amide bonds. The lowest BCUT2D eigenvalue weighted by Gasteiger charge is -2.36. The second-order valence-electron chi connectivity index (χ2n) is 12.2. The van der Waals surface area contributed by atoms with Crippen LogP contribution in [0.3, 0.4) is 0 Å². The summed E-state index contributed by atoms with van der Waals surface area (Å²) in [6.07, 6.45) is 12.6. The zero-order valence-electron chi connectivity index (χ0n) is 23.6. The van der Waals surface area contributed by atoms with Crippen molar-refractivity contribution < 1.29 is 23.8 Å². The van der Waals surface area contributed by atoms with E-state index in [1.165, 1.54) is 29.5 Å². The van der Waals surface area contributed by atoms with Crippen molar-refractivity contribution in [3.05, 3.63) is 58.7 Å². The van der Waals surface area contributed by atoms with Crippen molar-refractivity contribution in [2.45, 2.75) is 84.5 Å². The molecular formula is C33H42FNO4. The molecule has 3 aliphatic rings. The number of carboxylic acid groups (broad SMARTS) is 1. The molecule has 0 spiro atoms. The van der Waals surface area contributed by atoms with Crippen LogP contribution in [0.4, 0.5) is 4.39 Å². The summed E-state index contributed by atoms with van der Waals surface area (Å²) in [6, 6.07) is 6.40. The molecule has 39 heavy (non-hydrogen) atoms. The van der Waals surface area contributed by atoms with Gasteiger partial charge in [0.25, 0.3) is 0 Å². The summed E-state index contributed by atoms with van der Waals surface area (Å²) in [6.45, 7) is 7.58. The first-order valence-corrected chi connectivity index (χ1v) is 14.7. The number of pyridine rings is 1.